The molecule has 2 saturated heterocycles. The van der Waals surface area contributed by atoms with E-state index in [2.05, 4.69) is 4.72 Å². The van der Waals surface area contributed by atoms with E-state index < -0.39 is 28.0 Å². The maximum atomic E-state index is 12.7. The van der Waals surface area contributed by atoms with Crippen LogP contribution in [-0.2, 0) is 24.3 Å². The molecule has 10 heteroatoms. The van der Waals surface area contributed by atoms with Crippen molar-refractivity contribution in [3.8, 4) is 6.07 Å². The fourth-order valence-electron chi connectivity index (χ4n) is 3.37. The van der Waals surface area contributed by atoms with Gasteiger partial charge in [0.25, 0.3) is 0 Å². The predicted octanol–water partition coefficient (Wildman–Crippen LogP) is -0.315. The average Bonchev–Trinajstić information content (AvgIpc) is 3.07. The predicted molar refractivity (Wildman–Crippen MR) is 98.5 cm³/mol. The number of sulfonamides is 1. The molecule has 28 heavy (non-hydrogen) atoms. The lowest BCUT2D eigenvalue weighted by Gasteiger charge is -2.32. The fourth-order valence-corrected chi connectivity index (χ4v) is 4.63. The van der Waals surface area contributed by atoms with Crippen molar-refractivity contribution in [1.29, 1.82) is 5.26 Å². The third kappa shape index (κ3) is 4.16. The summed E-state index contributed by atoms with van der Waals surface area (Å²) in [5.74, 6) is -0.587. The van der Waals surface area contributed by atoms with Gasteiger partial charge >= 0.3 is 0 Å². The summed E-state index contributed by atoms with van der Waals surface area (Å²) in [5, 5.41) is 8.94. The molecule has 3 rings (SSSR count). The summed E-state index contributed by atoms with van der Waals surface area (Å²) in [6.45, 7) is 3.85. The topological polar surface area (TPSA) is 120 Å². The van der Waals surface area contributed by atoms with Gasteiger partial charge in [-0.3, -0.25) is 9.59 Å². The lowest BCUT2D eigenvalue weighted by Crippen LogP contribution is -2.52. The number of hydrogen-bond acceptors (Lipinski definition) is 6. The molecule has 2 atom stereocenters. The molecule has 2 heterocycles. The van der Waals surface area contributed by atoms with Crippen molar-refractivity contribution in [3.63, 3.8) is 0 Å². The Morgan fingerprint density at radius 2 is 2.04 bits per heavy atom. The molecule has 0 aliphatic carbocycles. The van der Waals surface area contributed by atoms with E-state index in [1.807, 2.05) is 6.07 Å². The van der Waals surface area contributed by atoms with Crippen LogP contribution < -0.4 is 4.72 Å². The Kier molecular flexibility index (Phi) is 5.98. The van der Waals surface area contributed by atoms with Gasteiger partial charge in [-0.05, 0) is 31.5 Å². The molecule has 0 unspecified atom stereocenters. The molecule has 0 saturated carbocycles. The number of hydrogen-bond donors (Lipinski definition) is 1. The van der Waals surface area contributed by atoms with E-state index in [1.54, 1.807) is 11.8 Å². The number of carbonyl (C=O) groups is 2. The zero-order chi connectivity index (χ0) is 20.3. The third-order valence-electron chi connectivity index (χ3n) is 4.96. The highest BCUT2D eigenvalue weighted by Crippen LogP contribution is 2.19. The maximum absolute atomic E-state index is 12.7. The molecule has 9 nitrogen and oxygen atoms in total. The molecular formula is C18H22N4O5S. The summed E-state index contributed by atoms with van der Waals surface area (Å²) in [6, 6.07) is 5.88. The molecule has 150 valence electrons. The Bertz CT molecular complexity index is 905. The molecule has 1 aromatic rings. The van der Waals surface area contributed by atoms with Crippen LogP contribution in [0.2, 0.25) is 0 Å². The Balaban J connectivity index is 1.68. The minimum absolute atomic E-state index is 0.0739. The fraction of sp³-hybridized carbons (Fsp3) is 0.500. The highest BCUT2D eigenvalue weighted by atomic mass is 32.2. The van der Waals surface area contributed by atoms with Crippen LogP contribution in [0.15, 0.2) is 29.2 Å². The van der Waals surface area contributed by atoms with Crippen molar-refractivity contribution in [2.75, 3.05) is 32.8 Å². The maximum Gasteiger partial charge on any atom is 0.245 e. The number of carbonyl (C=O) groups excluding carboxylic acids is 2. The molecule has 0 radical (unpaired) electrons. The van der Waals surface area contributed by atoms with Gasteiger partial charge in [-0.1, -0.05) is 6.07 Å². The molecule has 2 aliphatic rings. The molecule has 0 bridgehead atoms. The second-order valence-electron chi connectivity index (χ2n) is 6.75. The van der Waals surface area contributed by atoms with Crippen molar-refractivity contribution in [2.45, 2.75) is 30.3 Å². The smallest absolute Gasteiger partial charge is 0.245 e. The number of nitrogens with one attached hydrogen (secondary N) is 1. The van der Waals surface area contributed by atoms with Gasteiger partial charge in [0.15, 0.2) is 0 Å². The van der Waals surface area contributed by atoms with E-state index >= 15 is 0 Å². The summed E-state index contributed by atoms with van der Waals surface area (Å²) in [4.78, 5) is 28.3. The van der Waals surface area contributed by atoms with Crippen LogP contribution in [0, 0.1) is 11.3 Å². The molecule has 2 aliphatic heterocycles. The largest absolute Gasteiger partial charge is 0.378 e. The van der Waals surface area contributed by atoms with E-state index in [1.165, 1.54) is 29.2 Å². The van der Waals surface area contributed by atoms with Crippen molar-refractivity contribution in [2.24, 2.45) is 0 Å². The van der Waals surface area contributed by atoms with Crippen molar-refractivity contribution >= 4 is 21.8 Å². The van der Waals surface area contributed by atoms with Gasteiger partial charge in [0.1, 0.15) is 12.1 Å². The lowest BCUT2D eigenvalue weighted by atomic mass is 10.2. The number of benzene rings is 1. The number of morpholine rings is 1. The highest BCUT2D eigenvalue weighted by molar-refractivity contribution is 7.89. The van der Waals surface area contributed by atoms with Gasteiger partial charge in [-0.25, -0.2) is 8.42 Å². The summed E-state index contributed by atoms with van der Waals surface area (Å²) in [6.07, 6.45) is 0.275. The highest BCUT2D eigenvalue weighted by Gasteiger charge is 2.40. The first kappa shape index (κ1) is 20.3. The van der Waals surface area contributed by atoms with Crippen LogP contribution in [0.3, 0.4) is 0 Å². The number of rotatable bonds is 5. The normalized spacial score (nSPS) is 21.4. The Labute approximate surface area is 163 Å². The van der Waals surface area contributed by atoms with Gasteiger partial charge in [0.05, 0.1) is 29.7 Å². The zero-order valence-corrected chi connectivity index (χ0v) is 16.3. The second-order valence-corrected chi connectivity index (χ2v) is 8.46. The number of amides is 2. The van der Waals surface area contributed by atoms with Gasteiger partial charge in [0.2, 0.25) is 21.8 Å². The molecule has 2 amide bonds. The first-order valence-electron chi connectivity index (χ1n) is 9.03. The summed E-state index contributed by atoms with van der Waals surface area (Å²) >= 11 is 0. The number of nitriles is 1. The molecule has 2 fully saturated rings. The average molecular weight is 406 g/mol. The van der Waals surface area contributed by atoms with Crippen LogP contribution in [-0.4, -0.2) is 75.0 Å². The van der Waals surface area contributed by atoms with E-state index in [4.69, 9.17) is 10.00 Å². The minimum Gasteiger partial charge on any atom is -0.378 e. The lowest BCUT2D eigenvalue weighted by molar-refractivity contribution is -0.146. The molecule has 0 spiro atoms. The van der Waals surface area contributed by atoms with E-state index in [0.29, 0.717) is 32.8 Å². The van der Waals surface area contributed by atoms with E-state index in [9.17, 15) is 18.0 Å². The standard InChI is InChI=1S/C18H22N4O5S/c1-13(17(23)21-7-9-27-10-8-21)22-6-5-16(18(22)24)20-28(25,26)15-4-2-3-14(11-15)12-19/h2-4,11,13,16,20H,5-10H2,1H3/t13-,16-/m0/s1. The van der Waals surface area contributed by atoms with Crippen molar-refractivity contribution in [1.82, 2.24) is 14.5 Å². The zero-order valence-electron chi connectivity index (χ0n) is 15.5. The third-order valence-corrected chi connectivity index (χ3v) is 6.43. The minimum atomic E-state index is -3.96. The van der Waals surface area contributed by atoms with Gasteiger partial charge < -0.3 is 14.5 Å². The Morgan fingerprint density at radius 1 is 1.32 bits per heavy atom. The van der Waals surface area contributed by atoms with Crippen LogP contribution in [0.1, 0.15) is 18.9 Å². The summed E-state index contributed by atoms with van der Waals surface area (Å²) in [5.41, 5.74) is 0.215. The second kappa shape index (κ2) is 8.26. The number of ether oxygens (including phenoxy) is 1. The van der Waals surface area contributed by atoms with E-state index in [0.717, 1.165) is 0 Å². The summed E-state index contributed by atoms with van der Waals surface area (Å²) in [7, 11) is -3.96. The van der Waals surface area contributed by atoms with Gasteiger partial charge in [-0.2, -0.15) is 9.98 Å². The van der Waals surface area contributed by atoms with Crippen LogP contribution >= 0.6 is 0 Å². The quantitative estimate of drug-likeness (QED) is 0.716. The van der Waals surface area contributed by atoms with Gasteiger partial charge in [0, 0.05) is 19.6 Å². The Hall–Kier alpha value is -2.48. The SMILES string of the molecule is C[C@@H](C(=O)N1CCOCC1)N1CC[C@H](NS(=O)(=O)c2cccc(C#N)c2)C1=O. The van der Waals surface area contributed by atoms with Gasteiger partial charge in [-0.15, -0.1) is 0 Å². The summed E-state index contributed by atoms with van der Waals surface area (Å²) < 4.78 is 32.8. The van der Waals surface area contributed by atoms with Crippen molar-refractivity contribution in [3.05, 3.63) is 29.8 Å². The molecule has 1 aromatic carbocycles. The monoisotopic (exact) mass is 406 g/mol. The van der Waals surface area contributed by atoms with E-state index in [-0.39, 0.29) is 22.8 Å². The van der Waals surface area contributed by atoms with Crippen molar-refractivity contribution < 1.29 is 22.7 Å². The molecular weight excluding hydrogens is 384 g/mol. The number of likely N-dealkylation sites (tertiary alicyclic amines) is 1. The first-order chi connectivity index (χ1) is 13.3. The van der Waals surface area contributed by atoms with Crippen LogP contribution in [0.25, 0.3) is 0 Å². The van der Waals surface area contributed by atoms with Crippen LogP contribution in [0.5, 0.6) is 0 Å². The molecule has 1 N–H and O–H groups in total. The Morgan fingerprint density at radius 3 is 2.71 bits per heavy atom. The van der Waals surface area contributed by atoms with Crippen LogP contribution in [0.4, 0.5) is 0 Å². The number of nitrogens with zero attached hydrogens (tertiary/aromatic N) is 3. The molecule has 0 aromatic heterocycles. The first-order valence-corrected chi connectivity index (χ1v) is 10.5.